The van der Waals surface area contributed by atoms with Crippen LogP contribution in [0.2, 0.25) is 0 Å². The van der Waals surface area contributed by atoms with Gasteiger partial charge in [-0.3, -0.25) is 9.59 Å². The third kappa shape index (κ3) is 3.41. The van der Waals surface area contributed by atoms with Gasteiger partial charge in [0, 0.05) is 5.56 Å². The summed E-state index contributed by atoms with van der Waals surface area (Å²) in [6, 6.07) is 6.60. The molecule has 1 aliphatic carbocycles. The van der Waals surface area contributed by atoms with E-state index < -0.39 is 17.8 Å². The van der Waals surface area contributed by atoms with Crippen molar-refractivity contribution in [2.24, 2.45) is 0 Å². The van der Waals surface area contributed by atoms with Crippen LogP contribution in [0, 0.1) is 6.92 Å². The zero-order chi connectivity index (χ0) is 13.8. The van der Waals surface area contributed by atoms with E-state index in [2.05, 4.69) is 5.32 Å². The molecule has 0 bridgehead atoms. The van der Waals surface area contributed by atoms with Gasteiger partial charge in [0.25, 0.3) is 5.91 Å². The topological polar surface area (TPSA) is 66.4 Å². The summed E-state index contributed by atoms with van der Waals surface area (Å²) >= 11 is 0. The van der Waals surface area contributed by atoms with E-state index >= 15 is 0 Å². The van der Waals surface area contributed by atoms with E-state index in [-0.39, 0.29) is 6.04 Å². The maximum atomic E-state index is 11.9. The van der Waals surface area contributed by atoms with Crippen LogP contribution in [-0.2, 0) is 4.79 Å². The van der Waals surface area contributed by atoms with Crippen LogP contribution >= 0.6 is 0 Å². The van der Waals surface area contributed by atoms with Crippen molar-refractivity contribution in [2.45, 2.75) is 44.8 Å². The van der Waals surface area contributed by atoms with Crippen LogP contribution in [0.15, 0.2) is 24.3 Å². The van der Waals surface area contributed by atoms with Crippen LogP contribution in [0.4, 0.5) is 0 Å². The number of ketones is 1. The standard InChI is InChI=1S/C15H19NO3/c1-10-6-8-11(9-7-10)14(18)15(19)16-12-4-2-3-5-13(12)17/h6-9,12-13,17H,2-5H2,1H3,(H,16,19). The van der Waals surface area contributed by atoms with Crippen molar-refractivity contribution in [1.82, 2.24) is 5.32 Å². The van der Waals surface area contributed by atoms with Crippen molar-refractivity contribution < 1.29 is 14.7 Å². The molecular formula is C15H19NO3. The number of aliphatic hydroxyl groups excluding tert-OH is 1. The molecule has 0 saturated heterocycles. The van der Waals surface area contributed by atoms with Gasteiger partial charge in [-0.05, 0) is 19.8 Å². The number of aliphatic hydroxyl groups is 1. The highest BCUT2D eigenvalue weighted by Crippen LogP contribution is 2.18. The predicted octanol–water partition coefficient (Wildman–Crippen LogP) is 1.60. The molecule has 2 N–H and O–H groups in total. The Kier molecular flexibility index (Phi) is 4.32. The molecule has 1 aromatic carbocycles. The van der Waals surface area contributed by atoms with Gasteiger partial charge < -0.3 is 10.4 Å². The molecule has 0 aliphatic heterocycles. The van der Waals surface area contributed by atoms with Crippen molar-refractivity contribution in [3.05, 3.63) is 35.4 Å². The molecule has 1 saturated carbocycles. The van der Waals surface area contributed by atoms with Crippen LogP contribution in [0.3, 0.4) is 0 Å². The van der Waals surface area contributed by atoms with Gasteiger partial charge in [-0.25, -0.2) is 0 Å². The summed E-state index contributed by atoms with van der Waals surface area (Å²) in [7, 11) is 0. The number of Topliss-reactive ketones (excluding diaryl/α,β-unsaturated/α-hetero) is 1. The summed E-state index contributed by atoms with van der Waals surface area (Å²) < 4.78 is 0. The van der Waals surface area contributed by atoms with Gasteiger partial charge in [0.15, 0.2) is 0 Å². The molecule has 2 rings (SSSR count). The number of hydrogen-bond acceptors (Lipinski definition) is 3. The molecular weight excluding hydrogens is 242 g/mol. The highest BCUT2D eigenvalue weighted by atomic mass is 16.3. The average Bonchev–Trinajstić information content (AvgIpc) is 2.41. The minimum Gasteiger partial charge on any atom is -0.391 e. The van der Waals surface area contributed by atoms with Gasteiger partial charge in [0.1, 0.15) is 0 Å². The number of rotatable bonds is 3. The van der Waals surface area contributed by atoms with Crippen molar-refractivity contribution in [2.75, 3.05) is 0 Å². The van der Waals surface area contributed by atoms with Crippen molar-refractivity contribution >= 4 is 11.7 Å². The SMILES string of the molecule is Cc1ccc(C(=O)C(=O)NC2CCCCC2O)cc1. The van der Waals surface area contributed by atoms with Crippen molar-refractivity contribution in [1.29, 1.82) is 0 Å². The fourth-order valence-electron chi connectivity index (χ4n) is 2.35. The molecule has 0 radical (unpaired) electrons. The highest BCUT2D eigenvalue weighted by molar-refractivity contribution is 6.42. The Morgan fingerprint density at radius 2 is 1.79 bits per heavy atom. The van der Waals surface area contributed by atoms with Crippen LogP contribution in [-0.4, -0.2) is 28.9 Å². The predicted molar refractivity (Wildman–Crippen MR) is 71.9 cm³/mol. The zero-order valence-corrected chi connectivity index (χ0v) is 11.1. The number of amides is 1. The smallest absolute Gasteiger partial charge is 0.292 e. The normalized spacial score (nSPS) is 22.8. The lowest BCUT2D eigenvalue weighted by atomic mass is 9.92. The first-order valence-electron chi connectivity index (χ1n) is 6.68. The van der Waals surface area contributed by atoms with Crippen LogP contribution < -0.4 is 5.32 Å². The van der Waals surface area contributed by atoms with E-state index in [0.29, 0.717) is 12.0 Å². The fourth-order valence-corrected chi connectivity index (χ4v) is 2.35. The van der Waals surface area contributed by atoms with E-state index in [4.69, 9.17) is 0 Å². The molecule has 2 atom stereocenters. The first-order valence-corrected chi connectivity index (χ1v) is 6.68. The van der Waals surface area contributed by atoms with E-state index in [1.165, 1.54) is 0 Å². The molecule has 1 aliphatic rings. The quantitative estimate of drug-likeness (QED) is 0.641. The van der Waals surface area contributed by atoms with Crippen molar-refractivity contribution in [3.63, 3.8) is 0 Å². The summed E-state index contributed by atoms with van der Waals surface area (Å²) in [6.45, 7) is 1.92. The Balaban J connectivity index is 1.99. The van der Waals surface area contributed by atoms with E-state index in [1.54, 1.807) is 24.3 Å². The molecule has 4 heteroatoms. The molecule has 0 spiro atoms. The lowest BCUT2D eigenvalue weighted by molar-refractivity contribution is -0.118. The zero-order valence-electron chi connectivity index (χ0n) is 11.1. The fraction of sp³-hybridized carbons (Fsp3) is 0.467. The molecule has 102 valence electrons. The molecule has 2 unspecified atom stereocenters. The van der Waals surface area contributed by atoms with Gasteiger partial charge in [0.05, 0.1) is 12.1 Å². The Hall–Kier alpha value is -1.68. The first-order chi connectivity index (χ1) is 9.08. The third-order valence-corrected chi connectivity index (χ3v) is 3.57. The van der Waals surface area contributed by atoms with Gasteiger partial charge in [-0.2, -0.15) is 0 Å². The Morgan fingerprint density at radius 3 is 2.42 bits per heavy atom. The molecule has 19 heavy (non-hydrogen) atoms. The largest absolute Gasteiger partial charge is 0.391 e. The lowest BCUT2D eigenvalue weighted by Gasteiger charge is -2.27. The number of hydrogen-bond donors (Lipinski definition) is 2. The molecule has 1 amide bonds. The molecule has 1 aromatic rings. The summed E-state index contributed by atoms with van der Waals surface area (Å²) in [5.74, 6) is -1.17. The van der Waals surface area contributed by atoms with Gasteiger partial charge >= 0.3 is 0 Å². The Labute approximate surface area is 112 Å². The van der Waals surface area contributed by atoms with Crippen LogP contribution in [0.1, 0.15) is 41.6 Å². The highest BCUT2D eigenvalue weighted by Gasteiger charge is 2.27. The summed E-state index contributed by atoms with van der Waals surface area (Å²) in [4.78, 5) is 23.8. The summed E-state index contributed by atoms with van der Waals surface area (Å²) in [5, 5.41) is 12.4. The third-order valence-electron chi connectivity index (χ3n) is 3.57. The lowest BCUT2D eigenvalue weighted by Crippen LogP contribution is -2.47. The minimum atomic E-state index is -0.630. The van der Waals surface area contributed by atoms with Crippen molar-refractivity contribution in [3.8, 4) is 0 Å². The molecule has 0 heterocycles. The van der Waals surface area contributed by atoms with E-state index in [9.17, 15) is 14.7 Å². The maximum Gasteiger partial charge on any atom is 0.292 e. The number of aryl methyl sites for hydroxylation is 1. The Bertz CT molecular complexity index is 467. The summed E-state index contributed by atoms with van der Waals surface area (Å²) in [6.07, 6.45) is 2.82. The Morgan fingerprint density at radius 1 is 1.16 bits per heavy atom. The number of nitrogens with one attached hydrogen (secondary N) is 1. The molecule has 4 nitrogen and oxygen atoms in total. The van der Waals surface area contributed by atoms with Gasteiger partial charge in [-0.1, -0.05) is 42.7 Å². The second-order valence-corrected chi connectivity index (χ2v) is 5.13. The minimum absolute atomic E-state index is 0.296. The second kappa shape index (κ2) is 5.97. The van der Waals surface area contributed by atoms with Crippen LogP contribution in [0.25, 0.3) is 0 Å². The molecule has 0 aromatic heterocycles. The number of benzene rings is 1. The number of carbonyl (C=O) groups excluding carboxylic acids is 2. The van der Waals surface area contributed by atoms with Crippen LogP contribution in [0.5, 0.6) is 0 Å². The van der Waals surface area contributed by atoms with Gasteiger partial charge in [-0.15, -0.1) is 0 Å². The maximum absolute atomic E-state index is 11.9. The number of carbonyl (C=O) groups is 2. The monoisotopic (exact) mass is 261 g/mol. The summed E-state index contributed by atoms with van der Waals surface area (Å²) in [5.41, 5.74) is 1.42. The average molecular weight is 261 g/mol. The molecule has 1 fully saturated rings. The van der Waals surface area contributed by atoms with E-state index in [0.717, 1.165) is 24.8 Å². The van der Waals surface area contributed by atoms with Gasteiger partial charge in [0.2, 0.25) is 5.78 Å². The second-order valence-electron chi connectivity index (χ2n) is 5.13. The van der Waals surface area contributed by atoms with E-state index in [1.807, 2.05) is 6.92 Å². The first kappa shape index (κ1) is 13.7.